The van der Waals surface area contributed by atoms with Crippen molar-refractivity contribution in [1.82, 2.24) is 0 Å². The summed E-state index contributed by atoms with van der Waals surface area (Å²) in [6.45, 7) is 2.21. The molecule has 0 aromatic heterocycles. The lowest BCUT2D eigenvalue weighted by Gasteiger charge is -2.10. The topological polar surface area (TPSA) is 62.1 Å². The summed E-state index contributed by atoms with van der Waals surface area (Å²) >= 11 is 18.2. The monoisotopic (exact) mass is 470 g/mol. The summed E-state index contributed by atoms with van der Waals surface area (Å²) in [6, 6.07) is 19.5. The molecule has 0 radical (unpaired) electrons. The second kappa shape index (κ2) is 10.4. The molecule has 4 nitrogen and oxygen atoms in total. The van der Waals surface area contributed by atoms with Crippen molar-refractivity contribution in [1.29, 1.82) is 5.26 Å². The minimum Gasteiger partial charge on any atom is -0.487 e. The van der Waals surface area contributed by atoms with Gasteiger partial charge in [0.2, 0.25) is 0 Å². The van der Waals surface area contributed by atoms with E-state index < -0.39 is 5.91 Å². The van der Waals surface area contributed by atoms with E-state index >= 15 is 0 Å². The highest BCUT2D eigenvalue weighted by Crippen LogP contribution is 2.28. The van der Waals surface area contributed by atoms with Crippen LogP contribution in [0.25, 0.3) is 6.08 Å². The summed E-state index contributed by atoms with van der Waals surface area (Å²) in [5.41, 5.74) is 3.09. The molecule has 0 unspecified atom stereocenters. The van der Waals surface area contributed by atoms with Gasteiger partial charge in [-0.1, -0.05) is 64.6 Å². The maximum Gasteiger partial charge on any atom is 0.266 e. The standard InChI is InChI=1S/C24H17Cl3N2O2/c1-15-2-6-19(7-3-15)29-24(30)18(13-28)10-16-5-9-23(22(27)11-16)31-14-17-4-8-20(25)21(26)12-17/h2-12H,14H2,1H3,(H,29,30)/b18-10+. The lowest BCUT2D eigenvalue weighted by molar-refractivity contribution is -0.112. The molecule has 0 aliphatic heterocycles. The fourth-order valence-electron chi connectivity index (χ4n) is 2.67. The number of nitriles is 1. The molecule has 0 heterocycles. The molecule has 3 aromatic rings. The first-order valence-electron chi connectivity index (χ1n) is 9.22. The Labute approximate surface area is 195 Å². The Morgan fingerprint density at radius 3 is 2.39 bits per heavy atom. The van der Waals surface area contributed by atoms with Gasteiger partial charge in [-0.15, -0.1) is 0 Å². The number of nitrogens with one attached hydrogen (secondary N) is 1. The first-order valence-corrected chi connectivity index (χ1v) is 10.3. The van der Waals surface area contributed by atoms with Gasteiger partial charge in [0.25, 0.3) is 5.91 Å². The first-order chi connectivity index (χ1) is 14.9. The van der Waals surface area contributed by atoms with Crippen molar-refractivity contribution in [2.24, 2.45) is 0 Å². The zero-order valence-corrected chi connectivity index (χ0v) is 18.7. The molecule has 31 heavy (non-hydrogen) atoms. The lowest BCUT2D eigenvalue weighted by Crippen LogP contribution is -2.13. The zero-order valence-electron chi connectivity index (χ0n) is 16.5. The molecule has 0 aliphatic rings. The van der Waals surface area contributed by atoms with Gasteiger partial charge in [0.15, 0.2) is 0 Å². The molecule has 3 aromatic carbocycles. The number of carbonyl (C=O) groups excluding carboxylic acids is 1. The molecule has 0 aliphatic carbocycles. The van der Waals surface area contributed by atoms with E-state index in [1.165, 1.54) is 6.08 Å². The molecule has 0 bridgehead atoms. The van der Waals surface area contributed by atoms with E-state index in [1.54, 1.807) is 42.5 Å². The van der Waals surface area contributed by atoms with Crippen LogP contribution in [0, 0.1) is 18.3 Å². The Bertz CT molecular complexity index is 1180. The SMILES string of the molecule is Cc1ccc(NC(=O)/C(C#N)=C/c2ccc(OCc3ccc(Cl)c(Cl)c3)c(Cl)c2)cc1. The highest BCUT2D eigenvalue weighted by atomic mass is 35.5. The van der Waals surface area contributed by atoms with Crippen LogP contribution in [-0.2, 0) is 11.4 Å². The van der Waals surface area contributed by atoms with Gasteiger partial charge in [0.1, 0.15) is 24.0 Å². The van der Waals surface area contributed by atoms with Gasteiger partial charge in [0.05, 0.1) is 15.1 Å². The van der Waals surface area contributed by atoms with Crippen LogP contribution in [-0.4, -0.2) is 5.91 Å². The average Bonchev–Trinajstić information content (AvgIpc) is 2.75. The van der Waals surface area contributed by atoms with Gasteiger partial charge in [0, 0.05) is 5.69 Å². The highest BCUT2D eigenvalue weighted by molar-refractivity contribution is 6.42. The van der Waals surface area contributed by atoms with E-state index in [0.717, 1.165) is 11.1 Å². The van der Waals surface area contributed by atoms with Crippen LogP contribution in [0.2, 0.25) is 15.1 Å². The Kier molecular flexibility index (Phi) is 7.59. The van der Waals surface area contributed by atoms with Crippen molar-refractivity contribution < 1.29 is 9.53 Å². The fourth-order valence-corrected chi connectivity index (χ4v) is 3.23. The van der Waals surface area contributed by atoms with Crippen LogP contribution < -0.4 is 10.1 Å². The number of halogens is 3. The Hall–Kier alpha value is -2.97. The number of benzene rings is 3. The van der Waals surface area contributed by atoms with Crippen molar-refractivity contribution in [3.8, 4) is 11.8 Å². The third kappa shape index (κ3) is 6.26. The fraction of sp³-hybridized carbons (Fsp3) is 0.0833. The van der Waals surface area contributed by atoms with Gasteiger partial charge in [-0.25, -0.2) is 0 Å². The molecule has 1 amide bonds. The highest BCUT2D eigenvalue weighted by Gasteiger charge is 2.11. The average molecular weight is 472 g/mol. The van der Waals surface area contributed by atoms with Crippen LogP contribution in [0.5, 0.6) is 5.75 Å². The predicted molar refractivity (Wildman–Crippen MR) is 126 cm³/mol. The number of ether oxygens (including phenoxy) is 1. The molecule has 0 saturated carbocycles. The third-order valence-corrected chi connectivity index (χ3v) is 5.35. The Morgan fingerprint density at radius 1 is 1.00 bits per heavy atom. The summed E-state index contributed by atoms with van der Waals surface area (Å²) in [4.78, 5) is 12.4. The molecule has 3 rings (SSSR count). The zero-order chi connectivity index (χ0) is 22.4. The number of hydrogen-bond acceptors (Lipinski definition) is 3. The van der Waals surface area contributed by atoms with Crippen LogP contribution in [0.1, 0.15) is 16.7 Å². The smallest absolute Gasteiger partial charge is 0.266 e. The summed E-state index contributed by atoms with van der Waals surface area (Å²) < 4.78 is 5.74. The molecule has 0 spiro atoms. The van der Waals surface area contributed by atoms with Crippen molar-refractivity contribution in [2.75, 3.05) is 5.32 Å². The minimum absolute atomic E-state index is 0.0406. The van der Waals surface area contributed by atoms with E-state index in [-0.39, 0.29) is 12.2 Å². The molecule has 0 atom stereocenters. The molecule has 156 valence electrons. The lowest BCUT2D eigenvalue weighted by atomic mass is 10.1. The van der Waals surface area contributed by atoms with Crippen LogP contribution in [0.3, 0.4) is 0 Å². The van der Waals surface area contributed by atoms with Gasteiger partial charge < -0.3 is 10.1 Å². The normalized spacial score (nSPS) is 11.0. The maximum atomic E-state index is 12.4. The van der Waals surface area contributed by atoms with Crippen LogP contribution in [0.4, 0.5) is 5.69 Å². The number of amides is 1. The van der Waals surface area contributed by atoms with Crippen molar-refractivity contribution >= 4 is 52.5 Å². The van der Waals surface area contributed by atoms with Crippen LogP contribution >= 0.6 is 34.8 Å². The quantitative estimate of drug-likeness (QED) is 0.308. The van der Waals surface area contributed by atoms with Crippen LogP contribution in [0.15, 0.2) is 66.2 Å². The number of anilines is 1. The van der Waals surface area contributed by atoms with Crippen molar-refractivity contribution in [3.05, 3.63) is 98.0 Å². The number of carbonyl (C=O) groups is 1. The number of nitrogens with zero attached hydrogens (tertiary/aromatic N) is 1. The molecule has 7 heteroatoms. The van der Waals surface area contributed by atoms with E-state index in [0.29, 0.717) is 32.1 Å². The Morgan fingerprint density at radius 2 is 1.74 bits per heavy atom. The van der Waals surface area contributed by atoms with E-state index in [1.807, 2.05) is 31.2 Å². The summed E-state index contributed by atoms with van der Waals surface area (Å²) in [5.74, 6) is -0.0325. The first kappa shape index (κ1) is 22.7. The molecular weight excluding hydrogens is 455 g/mol. The van der Waals surface area contributed by atoms with E-state index in [4.69, 9.17) is 39.5 Å². The second-order valence-corrected chi connectivity index (χ2v) is 7.94. The van der Waals surface area contributed by atoms with Crippen molar-refractivity contribution in [2.45, 2.75) is 13.5 Å². The molecular formula is C24H17Cl3N2O2. The summed E-state index contributed by atoms with van der Waals surface area (Å²) in [7, 11) is 0. The van der Waals surface area contributed by atoms with E-state index in [9.17, 15) is 10.1 Å². The van der Waals surface area contributed by atoms with Gasteiger partial charge in [-0.3, -0.25) is 4.79 Å². The molecule has 1 N–H and O–H groups in total. The third-order valence-electron chi connectivity index (χ3n) is 4.32. The summed E-state index contributed by atoms with van der Waals surface area (Å²) in [6.07, 6.45) is 1.47. The Balaban J connectivity index is 1.70. The molecule has 0 saturated heterocycles. The summed E-state index contributed by atoms with van der Waals surface area (Å²) in [5, 5.41) is 13.4. The number of aryl methyl sites for hydroxylation is 1. The second-order valence-electron chi connectivity index (χ2n) is 6.72. The van der Waals surface area contributed by atoms with Gasteiger partial charge >= 0.3 is 0 Å². The van der Waals surface area contributed by atoms with E-state index in [2.05, 4.69) is 5.32 Å². The predicted octanol–water partition coefficient (Wildman–Crippen LogP) is 7.08. The molecule has 0 fully saturated rings. The maximum absolute atomic E-state index is 12.4. The van der Waals surface area contributed by atoms with Crippen molar-refractivity contribution in [3.63, 3.8) is 0 Å². The largest absolute Gasteiger partial charge is 0.487 e. The number of rotatable bonds is 6. The minimum atomic E-state index is -0.498. The van der Waals surface area contributed by atoms with Gasteiger partial charge in [-0.05, 0) is 60.5 Å². The number of hydrogen-bond donors (Lipinski definition) is 1. The van der Waals surface area contributed by atoms with Gasteiger partial charge in [-0.2, -0.15) is 5.26 Å².